The van der Waals surface area contributed by atoms with Gasteiger partial charge in [-0.05, 0) is 31.4 Å². The highest BCUT2D eigenvalue weighted by atomic mass is 79.9. The summed E-state index contributed by atoms with van der Waals surface area (Å²) in [7, 11) is 0. The quantitative estimate of drug-likeness (QED) is 0.808. The lowest BCUT2D eigenvalue weighted by Gasteiger charge is -2.26. The Labute approximate surface area is 119 Å². The zero-order valence-corrected chi connectivity index (χ0v) is 12.9. The number of hydrogen-bond donors (Lipinski definition) is 1. The van der Waals surface area contributed by atoms with Crippen LogP contribution in [0, 0.1) is 0 Å². The summed E-state index contributed by atoms with van der Waals surface area (Å²) >= 11 is 3.65. The molecule has 1 aromatic rings. The van der Waals surface area contributed by atoms with Crippen molar-refractivity contribution in [1.82, 2.24) is 5.32 Å². The Kier molecular flexibility index (Phi) is 5.71. The molecule has 2 heteroatoms. The molecule has 1 aromatic carbocycles. The van der Waals surface area contributed by atoms with Crippen molar-refractivity contribution in [3.8, 4) is 0 Å². The molecule has 18 heavy (non-hydrogen) atoms. The van der Waals surface area contributed by atoms with Crippen molar-refractivity contribution in [2.45, 2.75) is 64.0 Å². The second-order valence-electron chi connectivity index (χ2n) is 5.45. The zero-order chi connectivity index (χ0) is 12.8. The Morgan fingerprint density at radius 1 is 1.06 bits per heavy atom. The van der Waals surface area contributed by atoms with Gasteiger partial charge in [0.25, 0.3) is 0 Å². The molecule has 0 radical (unpaired) electrons. The largest absolute Gasteiger partial charge is 0.307 e. The van der Waals surface area contributed by atoms with Gasteiger partial charge in [-0.15, -0.1) is 0 Å². The third-order valence-electron chi connectivity index (χ3n) is 3.96. The topological polar surface area (TPSA) is 12.0 Å². The highest BCUT2D eigenvalue weighted by Crippen LogP contribution is 2.25. The SMILES string of the molecule is CC(NC1CCCCCCC1)c1ccccc1Br. The van der Waals surface area contributed by atoms with Crippen molar-refractivity contribution in [1.29, 1.82) is 0 Å². The van der Waals surface area contributed by atoms with Crippen molar-refractivity contribution >= 4 is 15.9 Å². The summed E-state index contributed by atoms with van der Waals surface area (Å²) in [6, 6.07) is 9.68. The molecule has 0 heterocycles. The lowest BCUT2D eigenvalue weighted by atomic mass is 9.95. The normalized spacial score (nSPS) is 20.1. The monoisotopic (exact) mass is 309 g/mol. The molecule has 100 valence electrons. The van der Waals surface area contributed by atoms with Gasteiger partial charge in [-0.2, -0.15) is 0 Å². The van der Waals surface area contributed by atoms with Crippen LogP contribution in [-0.4, -0.2) is 6.04 Å². The fraction of sp³-hybridized carbons (Fsp3) is 0.625. The highest BCUT2D eigenvalue weighted by molar-refractivity contribution is 9.10. The molecule has 1 N–H and O–H groups in total. The number of halogens is 1. The summed E-state index contributed by atoms with van der Waals surface area (Å²) in [6.45, 7) is 2.28. The zero-order valence-electron chi connectivity index (χ0n) is 11.3. The molecule has 1 unspecified atom stereocenters. The first-order valence-electron chi connectivity index (χ1n) is 7.28. The van der Waals surface area contributed by atoms with Gasteiger partial charge in [0.15, 0.2) is 0 Å². The van der Waals surface area contributed by atoms with Crippen LogP contribution in [0.5, 0.6) is 0 Å². The standard InChI is InChI=1S/C16H24BrN/c1-13(15-11-7-8-12-16(15)17)18-14-9-5-3-2-4-6-10-14/h7-8,11-14,18H,2-6,9-10H2,1H3. The first kappa shape index (κ1) is 14.1. The molecule has 1 saturated carbocycles. The maximum atomic E-state index is 3.81. The van der Waals surface area contributed by atoms with Crippen LogP contribution < -0.4 is 5.32 Å². The summed E-state index contributed by atoms with van der Waals surface area (Å²) in [5.74, 6) is 0. The predicted molar refractivity (Wildman–Crippen MR) is 81.8 cm³/mol. The maximum Gasteiger partial charge on any atom is 0.0305 e. The van der Waals surface area contributed by atoms with E-state index in [-0.39, 0.29) is 0 Å². The Morgan fingerprint density at radius 3 is 2.33 bits per heavy atom. The van der Waals surface area contributed by atoms with E-state index < -0.39 is 0 Å². The Balaban J connectivity index is 1.93. The van der Waals surface area contributed by atoms with Crippen LogP contribution in [0.25, 0.3) is 0 Å². The van der Waals surface area contributed by atoms with E-state index in [9.17, 15) is 0 Å². The minimum Gasteiger partial charge on any atom is -0.307 e. The van der Waals surface area contributed by atoms with Crippen molar-refractivity contribution in [3.63, 3.8) is 0 Å². The number of benzene rings is 1. The molecule has 0 saturated heterocycles. The van der Waals surface area contributed by atoms with Crippen LogP contribution in [0.4, 0.5) is 0 Å². The second kappa shape index (κ2) is 7.30. The van der Waals surface area contributed by atoms with E-state index in [1.165, 1.54) is 55.0 Å². The van der Waals surface area contributed by atoms with Gasteiger partial charge in [0.1, 0.15) is 0 Å². The molecule has 0 bridgehead atoms. The van der Waals surface area contributed by atoms with Crippen LogP contribution >= 0.6 is 15.9 Å². The van der Waals surface area contributed by atoms with Gasteiger partial charge >= 0.3 is 0 Å². The number of hydrogen-bond acceptors (Lipinski definition) is 1. The lowest BCUT2D eigenvalue weighted by molar-refractivity contribution is 0.362. The minimum atomic E-state index is 0.435. The fourth-order valence-electron chi connectivity index (χ4n) is 2.89. The number of nitrogens with one attached hydrogen (secondary N) is 1. The Bertz CT molecular complexity index is 356. The third kappa shape index (κ3) is 4.10. The van der Waals surface area contributed by atoms with Gasteiger partial charge < -0.3 is 5.32 Å². The van der Waals surface area contributed by atoms with E-state index in [2.05, 4.69) is 52.4 Å². The van der Waals surface area contributed by atoms with E-state index >= 15 is 0 Å². The summed E-state index contributed by atoms with van der Waals surface area (Å²) in [5, 5.41) is 3.81. The van der Waals surface area contributed by atoms with E-state index in [4.69, 9.17) is 0 Å². The summed E-state index contributed by atoms with van der Waals surface area (Å²) in [6.07, 6.45) is 9.74. The van der Waals surface area contributed by atoms with E-state index in [1.54, 1.807) is 0 Å². The molecule has 0 amide bonds. The van der Waals surface area contributed by atoms with Crippen molar-refractivity contribution < 1.29 is 0 Å². The summed E-state index contributed by atoms with van der Waals surface area (Å²) in [4.78, 5) is 0. The van der Waals surface area contributed by atoms with Gasteiger partial charge in [-0.25, -0.2) is 0 Å². The average molecular weight is 310 g/mol. The average Bonchev–Trinajstić information content (AvgIpc) is 2.33. The molecular weight excluding hydrogens is 286 g/mol. The highest BCUT2D eigenvalue weighted by Gasteiger charge is 2.15. The molecule has 1 aliphatic rings. The van der Waals surface area contributed by atoms with E-state index in [0.29, 0.717) is 12.1 Å². The molecule has 1 fully saturated rings. The van der Waals surface area contributed by atoms with Crippen LogP contribution in [0.15, 0.2) is 28.7 Å². The van der Waals surface area contributed by atoms with Gasteiger partial charge in [-0.3, -0.25) is 0 Å². The van der Waals surface area contributed by atoms with Crippen LogP contribution in [0.2, 0.25) is 0 Å². The molecule has 1 atom stereocenters. The number of rotatable bonds is 3. The minimum absolute atomic E-state index is 0.435. The van der Waals surface area contributed by atoms with Gasteiger partial charge in [-0.1, -0.05) is 66.2 Å². The Morgan fingerprint density at radius 2 is 1.67 bits per heavy atom. The van der Waals surface area contributed by atoms with Crippen molar-refractivity contribution in [3.05, 3.63) is 34.3 Å². The van der Waals surface area contributed by atoms with Gasteiger partial charge in [0.2, 0.25) is 0 Å². The van der Waals surface area contributed by atoms with Crippen LogP contribution in [0.3, 0.4) is 0 Å². The van der Waals surface area contributed by atoms with Crippen LogP contribution in [0.1, 0.15) is 63.5 Å². The molecule has 0 spiro atoms. The maximum absolute atomic E-state index is 3.81. The predicted octanol–water partition coefficient (Wildman–Crippen LogP) is 5.21. The molecule has 0 aliphatic heterocycles. The first-order chi connectivity index (χ1) is 8.77. The van der Waals surface area contributed by atoms with Crippen molar-refractivity contribution in [2.75, 3.05) is 0 Å². The smallest absolute Gasteiger partial charge is 0.0305 e. The molecule has 1 aliphatic carbocycles. The first-order valence-corrected chi connectivity index (χ1v) is 8.07. The molecule has 1 nitrogen and oxygen atoms in total. The van der Waals surface area contributed by atoms with Gasteiger partial charge in [0.05, 0.1) is 0 Å². The second-order valence-corrected chi connectivity index (χ2v) is 6.31. The molecular formula is C16H24BrN. The van der Waals surface area contributed by atoms with E-state index in [0.717, 1.165) is 0 Å². The molecule has 2 rings (SSSR count). The lowest BCUT2D eigenvalue weighted by Crippen LogP contribution is -2.32. The van der Waals surface area contributed by atoms with Crippen LogP contribution in [-0.2, 0) is 0 Å². The Hall–Kier alpha value is -0.340. The fourth-order valence-corrected chi connectivity index (χ4v) is 3.52. The molecule has 0 aromatic heterocycles. The van der Waals surface area contributed by atoms with E-state index in [1.807, 2.05) is 0 Å². The van der Waals surface area contributed by atoms with Crippen molar-refractivity contribution in [2.24, 2.45) is 0 Å². The summed E-state index contributed by atoms with van der Waals surface area (Å²) in [5.41, 5.74) is 1.37. The third-order valence-corrected chi connectivity index (χ3v) is 4.68. The summed E-state index contributed by atoms with van der Waals surface area (Å²) < 4.78 is 1.22. The van der Waals surface area contributed by atoms with Gasteiger partial charge in [0, 0.05) is 16.6 Å².